The number of amides is 2. The summed E-state index contributed by atoms with van der Waals surface area (Å²) in [7, 11) is 1.71. The highest BCUT2D eigenvalue weighted by Gasteiger charge is 2.24. The quantitative estimate of drug-likeness (QED) is 0.764. The van der Waals surface area contributed by atoms with Crippen molar-refractivity contribution in [3.8, 4) is 0 Å². The van der Waals surface area contributed by atoms with Gasteiger partial charge >= 0.3 is 6.03 Å². The Balaban J connectivity index is 1.90. The van der Waals surface area contributed by atoms with E-state index in [1.165, 1.54) is 12.1 Å². The van der Waals surface area contributed by atoms with Gasteiger partial charge in [-0.1, -0.05) is 36.4 Å². The van der Waals surface area contributed by atoms with E-state index in [0.717, 1.165) is 11.1 Å². The Bertz CT molecular complexity index is 823. The number of hydrogen-bond donors (Lipinski definition) is 1. The second-order valence-electron chi connectivity index (χ2n) is 5.65. The molecule has 0 bridgehead atoms. The van der Waals surface area contributed by atoms with Gasteiger partial charge in [-0.2, -0.15) is 0 Å². The van der Waals surface area contributed by atoms with Crippen molar-refractivity contribution >= 4 is 11.7 Å². The zero-order valence-corrected chi connectivity index (χ0v) is 13.8. The Hall–Kier alpha value is -3.21. The molecule has 3 aromatic rings. The molecule has 0 aliphatic carbocycles. The first-order valence-electron chi connectivity index (χ1n) is 7.89. The summed E-state index contributed by atoms with van der Waals surface area (Å²) in [5.74, 6) is -0.315. The summed E-state index contributed by atoms with van der Waals surface area (Å²) in [6.45, 7) is 0. The molecule has 0 spiro atoms. The van der Waals surface area contributed by atoms with Gasteiger partial charge in [0.15, 0.2) is 0 Å². The Morgan fingerprint density at radius 2 is 1.72 bits per heavy atom. The van der Waals surface area contributed by atoms with Crippen molar-refractivity contribution in [2.45, 2.75) is 6.04 Å². The van der Waals surface area contributed by atoms with Crippen molar-refractivity contribution in [2.24, 2.45) is 0 Å². The first-order chi connectivity index (χ1) is 12.1. The van der Waals surface area contributed by atoms with Crippen LogP contribution in [-0.4, -0.2) is 23.0 Å². The van der Waals surface area contributed by atoms with E-state index in [-0.39, 0.29) is 17.9 Å². The highest BCUT2D eigenvalue weighted by molar-refractivity contribution is 5.89. The third-order valence-electron chi connectivity index (χ3n) is 3.92. The maximum Gasteiger partial charge on any atom is 0.322 e. The van der Waals surface area contributed by atoms with Crippen LogP contribution in [0.5, 0.6) is 0 Å². The first kappa shape index (κ1) is 16.6. The largest absolute Gasteiger partial charge is 0.322 e. The highest BCUT2D eigenvalue weighted by atomic mass is 19.1. The van der Waals surface area contributed by atoms with Gasteiger partial charge in [0.05, 0.1) is 6.04 Å². The van der Waals surface area contributed by atoms with Gasteiger partial charge in [0, 0.05) is 25.1 Å². The zero-order valence-electron chi connectivity index (χ0n) is 13.8. The number of hydrogen-bond acceptors (Lipinski definition) is 2. The first-order valence-corrected chi connectivity index (χ1v) is 7.89. The van der Waals surface area contributed by atoms with Gasteiger partial charge in [-0.25, -0.2) is 9.18 Å². The summed E-state index contributed by atoms with van der Waals surface area (Å²) in [4.78, 5) is 18.4. The summed E-state index contributed by atoms with van der Waals surface area (Å²) >= 11 is 0. The van der Waals surface area contributed by atoms with Crippen molar-refractivity contribution in [3.05, 3.63) is 96.1 Å². The number of aromatic nitrogens is 1. The minimum atomic E-state index is -0.377. The maximum absolute atomic E-state index is 13.3. The fourth-order valence-electron chi connectivity index (χ4n) is 2.67. The molecule has 1 atom stereocenters. The van der Waals surface area contributed by atoms with E-state index in [9.17, 15) is 9.18 Å². The molecule has 5 heteroatoms. The fourth-order valence-corrected chi connectivity index (χ4v) is 2.67. The van der Waals surface area contributed by atoms with Crippen LogP contribution in [0.4, 0.5) is 14.9 Å². The third kappa shape index (κ3) is 4.01. The van der Waals surface area contributed by atoms with Crippen LogP contribution >= 0.6 is 0 Å². The molecule has 2 aromatic carbocycles. The van der Waals surface area contributed by atoms with Crippen LogP contribution in [0.1, 0.15) is 17.2 Å². The minimum absolute atomic E-state index is 0.260. The van der Waals surface area contributed by atoms with Crippen molar-refractivity contribution in [3.63, 3.8) is 0 Å². The van der Waals surface area contributed by atoms with E-state index in [2.05, 4.69) is 10.3 Å². The molecule has 126 valence electrons. The van der Waals surface area contributed by atoms with Gasteiger partial charge in [0.1, 0.15) is 5.82 Å². The molecular formula is C20H18FN3O. The SMILES string of the molecule is CN(C(=O)Nc1ccccc1)[C@@H](c1ccc(F)cc1)c1cccnc1. The Kier molecular flexibility index (Phi) is 5.04. The molecule has 0 radical (unpaired) electrons. The number of nitrogens with one attached hydrogen (secondary N) is 1. The summed E-state index contributed by atoms with van der Waals surface area (Å²) in [6.07, 6.45) is 3.38. The van der Waals surface area contributed by atoms with Crippen molar-refractivity contribution in [2.75, 3.05) is 12.4 Å². The molecule has 25 heavy (non-hydrogen) atoms. The van der Waals surface area contributed by atoms with Crippen LogP contribution < -0.4 is 5.32 Å². The van der Waals surface area contributed by atoms with Crippen LogP contribution in [0.3, 0.4) is 0 Å². The van der Waals surface area contributed by atoms with E-state index in [0.29, 0.717) is 5.69 Å². The smallest absolute Gasteiger partial charge is 0.316 e. The van der Waals surface area contributed by atoms with Crippen molar-refractivity contribution < 1.29 is 9.18 Å². The molecule has 1 N–H and O–H groups in total. The maximum atomic E-state index is 13.3. The molecule has 2 amide bonds. The van der Waals surface area contributed by atoms with Crippen molar-refractivity contribution in [1.29, 1.82) is 0 Å². The number of rotatable bonds is 4. The second-order valence-corrected chi connectivity index (χ2v) is 5.65. The standard InChI is InChI=1S/C20H18FN3O/c1-24(20(25)23-18-7-3-2-4-8-18)19(16-6-5-13-22-14-16)15-9-11-17(21)12-10-15/h2-14,19H,1H3,(H,23,25)/t19-/m0/s1. The lowest BCUT2D eigenvalue weighted by atomic mass is 9.99. The van der Waals surface area contributed by atoms with Gasteiger partial charge in [0.25, 0.3) is 0 Å². The topological polar surface area (TPSA) is 45.2 Å². The summed E-state index contributed by atoms with van der Waals surface area (Å²) < 4.78 is 13.3. The number of benzene rings is 2. The van der Waals surface area contributed by atoms with E-state index >= 15 is 0 Å². The van der Waals surface area contributed by atoms with Crippen LogP contribution in [0.25, 0.3) is 0 Å². The van der Waals surface area contributed by atoms with Gasteiger partial charge in [-0.15, -0.1) is 0 Å². The van der Waals surface area contributed by atoms with Gasteiger partial charge in [-0.3, -0.25) is 4.98 Å². The number of para-hydroxylation sites is 1. The predicted octanol–water partition coefficient (Wildman–Crippen LogP) is 4.47. The molecule has 0 aliphatic heterocycles. The average molecular weight is 335 g/mol. The van der Waals surface area contributed by atoms with Crippen LogP contribution in [0.15, 0.2) is 79.1 Å². The monoisotopic (exact) mass is 335 g/mol. The average Bonchev–Trinajstić information content (AvgIpc) is 2.65. The lowest BCUT2D eigenvalue weighted by Gasteiger charge is -2.29. The Morgan fingerprint density at radius 1 is 1.00 bits per heavy atom. The number of pyridine rings is 1. The van der Waals surface area contributed by atoms with E-state index < -0.39 is 0 Å². The number of carbonyl (C=O) groups is 1. The van der Waals surface area contributed by atoms with E-state index in [4.69, 9.17) is 0 Å². The Labute approximate surface area is 145 Å². The predicted molar refractivity (Wildman–Crippen MR) is 95.7 cm³/mol. The molecule has 0 unspecified atom stereocenters. The minimum Gasteiger partial charge on any atom is -0.316 e. The molecule has 0 fully saturated rings. The van der Waals surface area contributed by atoms with Crippen LogP contribution in [0, 0.1) is 5.82 Å². The number of anilines is 1. The normalized spacial score (nSPS) is 11.6. The Morgan fingerprint density at radius 3 is 2.36 bits per heavy atom. The molecule has 1 aromatic heterocycles. The molecule has 0 aliphatic rings. The highest BCUT2D eigenvalue weighted by Crippen LogP contribution is 2.28. The number of nitrogens with zero attached hydrogens (tertiary/aromatic N) is 2. The zero-order chi connectivity index (χ0) is 17.6. The van der Waals surface area contributed by atoms with Crippen LogP contribution in [-0.2, 0) is 0 Å². The number of carbonyl (C=O) groups excluding carboxylic acids is 1. The molecule has 3 rings (SSSR count). The van der Waals surface area contributed by atoms with E-state index in [1.54, 1.807) is 36.5 Å². The van der Waals surface area contributed by atoms with E-state index in [1.807, 2.05) is 42.5 Å². The van der Waals surface area contributed by atoms with Gasteiger partial charge in [0.2, 0.25) is 0 Å². The summed E-state index contributed by atoms with van der Waals surface area (Å²) in [5, 5.41) is 2.87. The molecule has 0 saturated heterocycles. The summed E-state index contributed by atoms with van der Waals surface area (Å²) in [5.41, 5.74) is 2.36. The van der Waals surface area contributed by atoms with Gasteiger partial charge < -0.3 is 10.2 Å². The number of urea groups is 1. The van der Waals surface area contributed by atoms with Gasteiger partial charge in [-0.05, 0) is 41.5 Å². The molecule has 1 heterocycles. The fraction of sp³-hybridized carbons (Fsp3) is 0.100. The van der Waals surface area contributed by atoms with Crippen molar-refractivity contribution in [1.82, 2.24) is 9.88 Å². The lowest BCUT2D eigenvalue weighted by molar-refractivity contribution is 0.212. The number of halogens is 1. The molecular weight excluding hydrogens is 317 g/mol. The lowest BCUT2D eigenvalue weighted by Crippen LogP contribution is -2.35. The molecule has 0 saturated carbocycles. The summed E-state index contributed by atoms with van der Waals surface area (Å²) in [6, 6.07) is 18.5. The molecule has 4 nitrogen and oxygen atoms in total. The second kappa shape index (κ2) is 7.57. The van der Waals surface area contributed by atoms with Crippen LogP contribution in [0.2, 0.25) is 0 Å². The third-order valence-corrected chi connectivity index (χ3v) is 3.92.